The van der Waals surface area contributed by atoms with Crippen LogP contribution in [0, 0.1) is 10.1 Å². The molecule has 0 aliphatic heterocycles. The highest BCUT2D eigenvalue weighted by Gasteiger charge is 2.15. The number of ether oxygens (including phenoxy) is 2. The van der Waals surface area contributed by atoms with Gasteiger partial charge in [-0.15, -0.1) is 0 Å². The summed E-state index contributed by atoms with van der Waals surface area (Å²) in [5.41, 5.74) is 1.68. The van der Waals surface area contributed by atoms with Gasteiger partial charge in [0.25, 0.3) is 11.2 Å². The first kappa shape index (κ1) is 29.5. The van der Waals surface area contributed by atoms with Crippen LogP contribution in [0.2, 0.25) is 0 Å². The molecule has 0 aliphatic carbocycles. The number of hydrogen-bond donors (Lipinski definition) is 0. The van der Waals surface area contributed by atoms with Gasteiger partial charge in [0.1, 0.15) is 5.75 Å². The Morgan fingerprint density at radius 1 is 1.02 bits per heavy atom. The fourth-order valence-electron chi connectivity index (χ4n) is 4.07. The molecule has 1 aromatic heterocycles. The lowest BCUT2D eigenvalue weighted by Gasteiger charge is -2.11. The van der Waals surface area contributed by atoms with E-state index in [0.717, 1.165) is 0 Å². The minimum atomic E-state index is -0.695. The molecule has 0 amide bonds. The van der Waals surface area contributed by atoms with Crippen LogP contribution in [0.1, 0.15) is 11.1 Å². The van der Waals surface area contributed by atoms with Gasteiger partial charge in [-0.25, -0.2) is 9.78 Å². The summed E-state index contributed by atoms with van der Waals surface area (Å²) in [7, 11) is 1.56. The number of fused-ring (bicyclic) bond motifs is 1. The van der Waals surface area contributed by atoms with Crippen molar-refractivity contribution in [1.82, 2.24) is 9.66 Å². The van der Waals surface area contributed by atoms with Crippen LogP contribution in [0.3, 0.4) is 0 Å². The lowest BCUT2D eigenvalue weighted by molar-refractivity contribution is -0.384. The number of methoxy groups -OCH3 is 1. The molecule has 0 unspecified atom stereocenters. The molecule has 0 atom stereocenters. The summed E-state index contributed by atoms with van der Waals surface area (Å²) in [6, 6.07) is 23.2. The number of para-hydroxylation sites is 1. The Labute approximate surface area is 261 Å². The molecule has 0 saturated carbocycles. The predicted molar refractivity (Wildman–Crippen MR) is 171 cm³/mol. The number of non-ortho nitro benzene ring substituents is 1. The average Bonchev–Trinajstić information content (AvgIpc) is 3.01. The molecule has 0 N–H and O–H groups in total. The minimum absolute atomic E-state index is 0.0571. The van der Waals surface area contributed by atoms with E-state index in [1.54, 1.807) is 67.8 Å². The van der Waals surface area contributed by atoms with Gasteiger partial charge in [0.15, 0.2) is 11.6 Å². The van der Waals surface area contributed by atoms with Crippen molar-refractivity contribution in [3.63, 3.8) is 0 Å². The number of nitrogens with zero attached hydrogens (tertiary/aromatic N) is 4. The summed E-state index contributed by atoms with van der Waals surface area (Å²) < 4.78 is 13.2. The van der Waals surface area contributed by atoms with E-state index in [9.17, 15) is 19.7 Å². The van der Waals surface area contributed by atoms with Crippen molar-refractivity contribution in [1.29, 1.82) is 0 Å². The second-order valence-electron chi connectivity index (χ2n) is 8.95. The van der Waals surface area contributed by atoms with E-state index in [1.165, 1.54) is 47.3 Å². The van der Waals surface area contributed by atoms with Gasteiger partial charge < -0.3 is 9.47 Å². The van der Waals surface area contributed by atoms with Gasteiger partial charge in [0, 0.05) is 33.8 Å². The summed E-state index contributed by atoms with van der Waals surface area (Å²) in [4.78, 5) is 41.4. The Hall–Kier alpha value is -4.94. The van der Waals surface area contributed by atoms with Gasteiger partial charge in [-0.05, 0) is 88.2 Å². The third kappa shape index (κ3) is 6.76. The largest absolute Gasteiger partial charge is 0.497 e. The number of nitro benzene ring substituents is 1. The van der Waals surface area contributed by atoms with Gasteiger partial charge in [0.05, 0.1) is 33.6 Å². The van der Waals surface area contributed by atoms with Crippen LogP contribution in [0.25, 0.3) is 28.4 Å². The molecule has 0 spiro atoms. The summed E-state index contributed by atoms with van der Waals surface area (Å²) in [6.07, 6.45) is 4.09. The standard InChI is InChI=1S/C31H20Br2N4O6/c1-42-24-13-9-20(10-14-24)30-35-27-5-3-2-4-25(27)31(39)36(30)34-18-21-16-22(32)17-26(33)29(21)43-28(38)15-8-19-6-11-23(12-7-19)37(40)41/h2-18H,1H3/b15-8+,34-18?. The number of carbonyl (C=O) groups excluding carboxylic acids is 1. The van der Waals surface area contributed by atoms with Gasteiger partial charge in [0.2, 0.25) is 0 Å². The SMILES string of the molecule is COc1ccc(-c2nc3ccccc3c(=O)n2N=Cc2cc(Br)cc(Br)c2OC(=O)/C=C/c2ccc([N+](=O)[O-])cc2)cc1. The maximum atomic E-state index is 13.6. The minimum Gasteiger partial charge on any atom is -0.497 e. The van der Waals surface area contributed by atoms with E-state index < -0.39 is 10.9 Å². The van der Waals surface area contributed by atoms with Crippen molar-refractivity contribution < 1.29 is 19.2 Å². The summed E-state index contributed by atoms with van der Waals surface area (Å²) in [5, 5.41) is 15.7. The van der Waals surface area contributed by atoms with Crippen LogP contribution in [0.4, 0.5) is 5.69 Å². The van der Waals surface area contributed by atoms with E-state index >= 15 is 0 Å². The van der Waals surface area contributed by atoms with Crippen LogP contribution in [0.5, 0.6) is 11.5 Å². The first-order valence-electron chi connectivity index (χ1n) is 12.6. The highest BCUT2D eigenvalue weighted by atomic mass is 79.9. The number of carbonyl (C=O) groups is 1. The first-order chi connectivity index (χ1) is 20.7. The van der Waals surface area contributed by atoms with E-state index in [0.29, 0.717) is 48.1 Å². The summed E-state index contributed by atoms with van der Waals surface area (Å²) >= 11 is 6.87. The van der Waals surface area contributed by atoms with Crippen LogP contribution < -0.4 is 15.0 Å². The molecule has 0 saturated heterocycles. The number of hydrogen-bond acceptors (Lipinski definition) is 8. The number of rotatable bonds is 8. The van der Waals surface area contributed by atoms with E-state index in [2.05, 4.69) is 37.0 Å². The normalized spacial score (nSPS) is 11.3. The maximum absolute atomic E-state index is 13.6. The maximum Gasteiger partial charge on any atom is 0.336 e. The number of nitro groups is 1. The molecule has 4 aromatic carbocycles. The topological polar surface area (TPSA) is 126 Å². The van der Waals surface area contributed by atoms with E-state index in [-0.39, 0.29) is 17.0 Å². The lowest BCUT2D eigenvalue weighted by Crippen LogP contribution is -2.20. The Kier molecular flexibility index (Phi) is 8.88. The average molecular weight is 704 g/mol. The van der Waals surface area contributed by atoms with Gasteiger partial charge in [-0.1, -0.05) is 28.1 Å². The first-order valence-corrected chi connectivity index (χ1v) is 14.2. The monoisotopic (exact) mass is 702 g/mol. The van der Waals surface area contributed by atoms with Crippen LogP contribution in [0.15, 0.2) is 110 Å². The fourth-order valence-corrected chi connectivity index (χ4v) is 5.41. The Balaban J connectivity index is 1.51. The fraction of sp³-hybridized carbons (Fsp3) is 0.0323. The molecule has 5 rings (SSSR count). The highest BCUT2D eigenvalue weighted by molar-refractivity contribution is 9.11. The van der Waals surface area contributed by atoms with Crippen molar-refractivity contribution in [2.45, 2.75) is 0 Å². The molecule has 43 heavy (non-hydrogen) atoms. The molecule has 1 heterocycles. The van der Waals surface area contributed by atoms with Crippen molar-refractivity contribution in [2.24, 2.45) is 5.10 Å². The van der Waals surface area contributed by atoms with Crippen molar-refractivity contribution in [3.8, 4) is 22.9 Å². The van der Waals surface area contributed by atoms with Crippen LogP contribution in [-0.2, 0) is 4.79 Å². The molecule has 0 aliphatic rings. The van der Waals surface area contributed by atoms with E-state index in [4.69, 9.17) is 14.5 Å². The molecule has 0 fully saturated rings. The van der Waals surface area contributed by atoms with E-state index in [1.807, 2.05) is 0 Å². The highest BCUT2D eigenvalue weighted by Crippen LogP contribution is 2.32. The Morgan fingerprint density at radius 2 is 1.74 bits per heavy atom. The third-order valence-electron chi connectivity index (χ3n) is 6.17. The second-order valence-corrected chi connectivity index (χ2v) is 10.7. The van der Waals surface area contributed by atoms with Crippen molar-refractivity contribution >= 4 is 66.7 Å². The second kappa shape index (κ2) is 12.9. The number of esters is 1. The molecule has 5 aromatic rings. The summed E-state index contributed by atoms with van der Waals surface area (Å²) in [5.74, 6) is 0.425. The van der Waals surface area contributed by atoms with Crippen LogP contribution in [-0.4, -0.2) is 33.9 Å². The molecule has 10 nitrogen and oxygen atoms in total. The molecular formula is C31H20Br2N4O6. The smallest absolute Gasteiger partial charge is 0.336 e. The molecule has 12 heteroatoms. The molecule has 214 valence electrons. The van der Waals surface area contributed by atoms with Gasteiger partial charge >= 0.3 is 5.97 Å². The quantitative estimate of drug-likeness (QED) is 0.0425. The summed E-state index contributed by atoms with van der Waals surface area (Å²) in [6.45, 7) is 0. The van der Waals surface area contributed by atoms with Crippen LogP contribution >= 0.6 is 31.9 Å². The zero-order valence-electron chi connectivity index (χ0n) is 22.3. The zero-order chi connectivity index (χ0) is 30.5. The van der Waals surface area contributed by atoms with Gasteiger partial charge in [-0.2, -0.15) is 9.78 Å². The molecule has 0 radical (unpaired) electrons. The third-order valence-corrected chi connectivity index (χ3v) is 7.22. The van der Waals surface area contributed by atoms with Crippen molar-refractivity contribution in [2.75, 3.05) is 7.11 Å². The van der Waals surface area contributed by atoms with Gasteiger partial charge in [-0.3, -0.25) is 14.9 Å². The number of halogens is 2. The molecular weight excluding hydrogens is 684 g/mol. The Bertz CT molecular complexity index is 1970. The number of benzene rings is 4. The number of aromatic nitrogens is 2. The molecule has 0 bridgehead atoms. The van der Waals surface area contributed by atoms with Crippen molar-refractivity contribution in [3.05, 3.63) is 132 Å². The Morgan fingerprint density at radius 3 is 2.44 bits per heavy atom. The predicted octanol–water partition coefficient (Wildman–Crippen LogP) is 7.01. The zero-order valence-corrected chi connectivity index (χ0v) is 25.5. The lowest BCUT2D eigenvalue weighted by atomic mass is 10.2.